The average molecular weight is 308 g/mol. The fourth-order valence-electron chi connectivity index (χ4n) is 2.63. The SMILES string of the molecule is CCCCCNC(=O)C1CCN(C(=O)c2cccs2)CC1. The molecule has 1 aromatic rings. The van der Waals surface area contributed by atoms with Gasteiger partial charge in [-0.1, -0.05) is 25.8 Å². The van der Waals surface area contributed by atoms with E-state index in [1.54, 1.807) is 0 Å². The van der Waals surface area contributed by atoms with Crippen molar-refractivity contribution in [2.24, 2.45) is 5.92 Å². The second-order valence-electron chi connectivity index (χ2n) is 5.54. The highest BCUT2D eigenvalue weighted by atomic mass is 32.1. The summed E-state index contributed by atoms with van der Waals surface area (Å²) in [5, 5.41) is 4.94. The van der Waals surface area contributed by atoms with Gasteiger partial charge in [-0.15, -0.1) is 11.3 Å². The highest BCUT2D eigenvalue weighted by Gasteiger charge is 2.27. The van der Waals surface area contributed by atoms with Gasteiger partial charge in [0, 0.05) is 25.6 Å². The maximum atomic E-state index is 12.2. The summed E-state index contributed by atoms with van der Waals surface area (Å²) in [5.41, 5.74) is 0. The quantitative estimate of drug-likeness (QED) is 0.822. The lowest BCUT2D eigenvalue weighted by Gasteiger charge is -2.31. The zero-order valence-electron chi connectivity index (χ0n) is 12.6. The normalized spacial score (nSPS) is 16.0. The van der Waals surface area contributed by atoms with Gasteiger partial charge in [0.15, 0.2) is 0 Å². The van der Waals surface area contributed by atoms with Crippen LogP contribution in [0.2, 0.25) is 0 Å². The van der Waals surface area contributed by atoms with Crippen LogP contribution in [0.4, 0.5) is 0 Å². The smallest absolute Gasteiger partial charge is 0.263 e. The molecular weight excluding hydrogens is 284 g/mol. The first-order valence-corrected chi connectivity index (χ1v) is 8.70. The number of likely N-dealkylation sites (tertiary alicyclic amines) is 1. The largest absolute Gasteiger partial charge is 0.356 e. The highest BCUT2D eigenvalue weighted by molar-refractivity contribution is 7.12. The number of carbonyl (C=O) groups excluding carboxylic acids is 2. The molecule has 2 amide bonds. The summed E-state index contributed by atoms with van der Waals surface area (Å²) in [5.74, 6) is 0.333. The summed E-state index contributed by atoms with van der Waals surface area (Å²) in [7, 11) is 0. The van der Waals surface area contributed by atoms with E-state index in [-0.39, 0.29) is 17.7 Å². The molecule has 1 aliphatic rings. The number of hydrogen-bond acceptors (Lipinski definition) is 3. The molecule has 116 valence electrons. The first-order valence-electron chi connectivity index (χ1n) is 7.83. The summed E-state index contributed by atoms with van der Waals surface area (Å²) >= 11 is 1.48. The molecule has 5 heteroatoms. The maximum absolute atomic E-state index is 12.2. The third-order valence-electron chi connectivity index (χ3n) is 3.96. The fraction of sp³-hybridized carbons (Fsp3) is 0.625. The third-order valence-corrected chi connectivity index (χ3v) is 4.82. The van der Waals surface area contributed by atoms with E-state index in [4.69, 9.17) is 0 Å². The molecule has 1 aliphatic heterocycles. The van der Waals surface area contributed by atoms with Crippen LogP contribution >= 0.6 is 11.3 Å². The molecule has 1 saturated heterocycles. The number of unbranched alkanes of at least 4 members (excludes halogenated alkanes) is 2. The molecule has 0 unspecified atom stereocenters. The van der Waals surface area contributed by atoms with Gasteiger partial charge < -0.3 is 10.2 Å². The molecule has 21 heavy (non-hydrogen) atoms. The Bertz CT molecular complexity index is 451. The number of hydrogen-bond donors (Lipinski definition) is 1. The van der Waals surface area contributed by atoms with Crippen LogP contribution in [0.1, 0.15) is 48.7 Å². The molecule has 0 bridgehead atoms. The summed E-state index contributed by atoms with van der Waals surface area (Å²) in [6.45, 7) is 4.30. The molecule has 0 radical (unpaired) electrons. The Labute approximate surface area is 130 Å². The van der Waals surface area contributed by atoms with Crippen LogP contribution in [0.3, 0.4) is 0 Å². The molecule has 2 heterocycles. The minimum atomic E-state index is 0.0685. The summed E-state index contributed by atoms with van der Waals surface area (Å²) < 4.78 is 0. The lowest BCUT2D eigenvalue weighted by atomic mass is 9.95. The van der Waals surface area contributed by atoms with E-state index in [0.717, 1.165) is 37.1 Å². The molecule has 4 nitrogen and oxygen atoms in total. The molecule has 1 N–H and O–H groups in total. The van der Waals surface area contributed by atoms with Crippen molar-refractivity contribution in [3.05, 3.63) is 22.4 Å². The number of piperidine rings is 1. The molecule has 1 fully saturated rings. The van der Waals surface area contributed by atoms with Crippen molar-refractivity contribution < 1.29 is 9.59 Å². The number of thiophene rings is 1. The molecule has 1 aromatic heterocycles. The minimum absolute atomic E-state index is 0.0685. The molecule has 2 rings (SSSR count). The van der Waals surface area contributed by atoms with E-state index in [2.05, 4.69) is 12.2 Å². The predicted octanol–water partition coefficient (Wildman–Crippen LogP) is 2.91. The zero-order valence-corrected chi connectivity index (χ0v) is 13.5. The van der Waals surface area contributed by atoms with Crippen LogP contribution in [0, 0.1) is 5.92 Å². The number of rotatable bonds is 6. The summed E-state index contributed by atoms with van der Waals surface area (Å²) in [4.78, 5) is 26.9. The highest BCUT2D eigenvalue weighted by Crippen LogP contribution is 2.20. The van der Waals surface area contributed by atoms with Gasteiger partial charge in [-0.3, -0.25) is 9.59 Å². The number of amides is 2. The van der Waals surface area contributed by atoms with Crippen molar-refractivity contribution in [1.82, 2.24) is 10.2 Å². The lowest BCUT2D eigenvalue weighted by Crippen LogP contribution is -2.43. The average Bonchev–Trinajstić information content (AvgIpc) is 3.05. The topological polar surface area (TPSA) is 49.4 Å². The Balaban J connectivity index is 1.72. The molecule has 0 aliphatic carbocycles. The molecule has 0 atom stereocenters. The minimum Gasteiger partial charge on any atom is -0.356 e. The van der Waals surface area contributed by atoms with Crippen molar-refractivity contribution in [2.45, 2.75) is 39.0 Å². The Morgan fingerprint density at radius 2 is 2.10 bits per heavy atom. The molecule has 0 saturated carbocycles. The maximum Gasteiger partial charge on any atom is 0.263 e. The van der Waals surface area contributed by atoms with E-state index in [1.807, 2.05) is 22.4 Å². The van der Waals surface area contributed by atoms with Gasteiger partial charge in [0.05, 0.1) is 4.88 Å². The molecule has 0 aromatic carbocycles. The molecular formula is C16H24N2O2S. The van der Waals surface area contributed by atoms with Crippen LogP contribution in [0.5, 0.6) is 0 Å². The number of carbonyl (C=O) groups is 2. The van der Waals surface area contributed by atoms with Gasteiger partial charge in [0.1, 0.15) is 0 Å². The first-order chi connectivity index (χ1) is 10.2. The number of nitrogens with one attached hydrogen (secondary N) is 1. The first kappa shape index (κ1) is 16.0. The second kappa shape index (κ2) is 8.17. The Kier molecular flexibility index (Phi) is 6.23. The van der Waals surface area contributed by atoms with Gasteiger partial charge in [-0.05, 0) is 30.7 Å². The monoisotopic (exact) mass is 308 g/mol. The predicted molar refractivity (Wildman–Crippen MR) is 85.5 cm³/mol. The van der Waals surface area contributed by atoms with Crippen molar-refractivity contribution >= 4 is 23.2 Å². The van der Waals surface area contributed by atoms with E-state index in [0.29, 0.717) is 13.1 Å². The van der Waals surface area contributed by atoms with E-state index < -0.39 is 0 Å². The Morgan fingerprint density at radius 3 is 2.71 bits per heavy atom. The van der Waals surface area contributed by atoms with Gasteiger partial charge in [0.2, 0.25) is 5.91 Å². The van der Waals surface area contributed by atoms with Gasteiger partial charge in [-0.2, -0.15) is 0 Å². The van der Waals surface area contributed by atoms with Gasteiger partial charge in [-0.25, -0.2) is 0 Å². The van der Waals surface area contributed by atoms with Crippen molar-refractivity contribution in [3.63, 3.8) is 0 Å². The summed E-state index contributed by atoms with van der Waals surface area (Å²) in [6.07, 6.45) is 4.93. The lowest BCUT2D eigenvalue weighted by molar-refractivity contribution is -0.126. The van der Waals surface area contributed by atoms with E-state index in [1.165, 1.54) is 17.8 Å². The van der Waals surface area contributed by atoms with Crippen molar-refractivity contribution in [1.29, 1.82) is 0 Å². The van der Waals surface area contributed by atoms with Crippen molar-refractivity contribution in [2.75, 3.05) is 19.6 Å². The second-order valence-corrected chi connectivity index (χ2v) is 6.49. The van der Waals surface area contributed by atoms with E-state index >= 15 is 0 Å². The van der Waals surface area contributed by atoms with Gasteiger partial charge in [0.25, 0.3) is 5.91 Å². The Morgan fingerprint density at radius 1 is 1.33 bits per heavy atom. The molecule has 0 spiro atoms. The van der Waals surface area contributed by atoms with Crippen LogP contribution in [0.15, 0.2) is 17.5 Å². The van der Waals surface area contributed by atoms with Crippen molar-refractivity contribution in [3.8, 4) is 0 Å². The zero-order chi connectivity index (χ0) is 15.1. The van der Waals surface area contributed by atoms with Crippen LogP contribution in [-0.4, -0.2) is 36.3 Å². The van der Waals surface area contributed by atoms with Crippen LogP contribution in [-0.2, 0) is 4.79 Å². The standard InChI is InChI=1S/C16H24N2O2S/c1-2-3-4-9-17-15(19)13-7-10-18(11-8-13)16(20)14-6-5-12-21-14/h5-6,12-13H,2-4,7-11H2,1H3,(H,17,19). The van der Waals surface area contributed by atoms with Gasteiger partial charge >= 0.3 is 0 Å². The Hall–Kier alpha value is -1.36. The van der Waals surface area contributed by atoms with Crippen LogP contribution < -0.4 is 5.32 Å². The summed E-state index contributed by atoms with van der Waals surface area (Å²) in [6, 6.07) is 3.76. The van der Waals surface area contributed by atoms with Crippen LogP contribution in [0.25, 0.3) is 0 Å². The number of nitrogens with zero attached hydrogens (tertiary/aromatic N) is 1. The fourth-order valence-corrected chi connectivity index (χ4v) is 3.32. The van der Waals surface area contributed by atoms with E-state index in [9.17, 15) is 9.59 Å². The third kappa shape index (κ3) is 4.56.